The maximum absolute atomic E-state index is 11.7. The van der Waals surface area contributed by atoms with Gasteiger partial charge in [0.2, 0.25) is 5.91 Å². The van der Waals surface area contributed by atoms with E-state index < -0.39 is 0 Å². The summed E-state index contributed by atoms with van der Waals surface area (Å²) in [4.78, 5) is 23.1. The zero-order valence-corrected chi connectivity index (χ0v) is 9.47. The number of hydrogen-bond acceptors (Lipinski definition) is 4. The standard InChI is InChI=1S/C10H13N3O2S/c11-7-3-4-16-9(7)10(15)12-5-6-1-2-8(14)13-6/h3-4,6H,1-2,5,11H2,(H,12,15)(H,13,14). The van der Waals surface area contributed by atoms with Crippen molar-refractivity contribution in [2.75, 3.05) is 12.3 Å². The molecule has 2 rings (SSSR count). The van der Waals surface area contributed by atoms with E-state index in [2.05, 4.69) is 10.6 Å². The summed E-state index contributed by atoms with van der Waals surface area (Å²) in [7, 11) is 0. The predicted octanol–water partition coefficient (Wildman–Crippen LogP) is 0.339. The van der Waals surface area contributed by atoms with Crippen LogP contribution >= 0.6 is 11.3 Å². The Morgan fingerprint density at radius 2 is 2.50 bits per heavy atom. The van der Waals surface area contributed by atoms with Crippen molar-refractivity contribution in [2.24, 2.45) is 0 Å². The van der Waals surface area contributed by atoms with Crippen molar-refractivity contribution in [2.45, 2.75) is 18.9 Å². The van der Waals surface area contributed by atoms with Crippen molar-refractivity contribution in [3.63, 3.8) is 0 Å². The number of thiophene rings is 1. The van der Waals surface area contributed by atoms with E-state index in [0.29, 0.717) is 23.5 Å². The summed E-state index contributed by atoms with van der Waals surface area (Å²) in [5.74, 6) is -0.122. The van der Waals surface area contributed by atoms with Crippen molar-refractivity contribution in [1.82, 2.24) is 10.6 Å². The van der Waals surface area contributed by atoms with Crippen LogP contribution in [0.3, 0.4) is 0 Å². The van der Waals surface area contributed by atoms with E-state index in [1.54, 1.807) is 11.4 Å². The fourth-order valence-electron chi connectivity index (χ4n) is 1.63. The molecule has 1 aromatic heterocycles. The molecule has 1 saturated heterocycles. The van der Waals surface area contributed by atoms with Crippen LogP contribution in [0.2, 0.25) is 0 Å². The van der Waals surface area contributed by atoms with Crippen LogP contribution in [0, 0.1) is 0 Å². The number of carbonyl (C=O) groups is 2. The van der Waals surface area contributed by atoms with Gasteiger partial charge in [-0.2, -0.15) is 0 Å². The van der Waals surface area contributed by atoms with E-state index in [1.807, 2.05) is 0 Å². The first-order valence-corrected chi connectivity index (χ1v) is 5.95. The number of amides is 2. The molecule has 0 aliphatic carbocycles. The molecule has 2 amide bonds. The van der Waals surface area contributed by atoms with E-state index in [4.69, 9.17) is 5.73 Å². The molecule has 5 nitrogen and oxygen atoms in total. The largest absolute Gasteiger partial charge is 0.397 e. The fraction of sp³-hybridized carbons (Fsp3) is 0.400. The molecule has 16 heavy (non-hydrogen) atoms. The first-order chi connectivity index (χ1) is 7.66. The summed E-state index contributed by atoms with van der Waals surface area (Å²) < 4.78 is 0. The predicted molar refractivity (Wildman–Crippen MR) is 62.2 cm³/mol. The average Bonchev–Trinajstić information content (AvgIpc) is 2.84. The van der Waals surface area contributed by atoms with E-state index >= 15 is 0 Å². The molecule has 1 aliphatic heterocycles. The molecule has 1 atom stereocenters. The number of nitrogens with two attached hydrogens (primary N) is 1. The quantitative estimate of drug-likeness (QED) is 0.711. The average molecular weight is 239 g/mol. The highest BCUT2D eigenvalue weighted by Crippen LogP contribution is 2.18. The molecule has 0 radical (unpaired) electrons. The highest BCUT2D eigenvalue weighted by molar-refractivity contribution is 7.12. The third kappa shape index (κ3) is 2.33. The normalized spacial score (nSPS) is 19.5. The molecule has 0 bridgehead atoms. The summed E-state index contributed by atoms with van der Waals surface area (Å²) in [6, 6.07) is 1.76. The van der Waals surface area contributed by atoms with Gasteiger partial charge in [0.25, 0.3) is 5.91 Å². The second kappa shape index (κ2) is 4.52. The van der Waals surface area contributed by atoms with Crippen LogP contribution in [0.4, 0.5) is 5.69 Å². The Hall–Kier alpha value is -1.56. The molecule has 1 aromatic rings. The molecule has 0 saturated carbocycles. The van der Waals surface area contributed by atoms with Gasteiger partial charge in [-0.05, 0) is 17.9 Å². The van der Waals surface area contributed by atoms with E-state index in [0.717, 1.165) is 6.42 Å². The SMILES string of the molecule is Nc1ccsc1C(=O)NCC1CCC(=O)N1. The second-order valence-corrected chi connectivity index (χ2v) is 4.63. The van der Waals surface area contributed by atoms with E-state index in [-0.39, 0.29) is 17.9 Å². The molecular formula is C10H13N3O2S. The Labute approximate surface area is 97.0 Å². The molecule has 86 valence electrons. The van der Waals surface area contributed by atoms with Gasteiger partial charge in [0, 0.05) is 19.0 Å². The number of anilines is 1. The summed E-state index contributed by atoms with van der Waals surface area (Å²) >= 11 is 1.32. The molecule has 0 spiro atoms. The lowest BCUT2D eigenvalue weighted by Gasteiger charge is -2.10. The van der Waals surface area contributed by atoms with Gasteiger partial charge in [-0.3, -0.25) is 9.59 Å². The summed E-state index contributed by atoms with van der Waals surface area (Å²) in [5, 5.41) is 7.33. The van der Waals surface area contributed by atoms with Crippen molar-refractivity contribution in [3.05, 3.63) is 16.3 Å². The number of nitrogens with one attached hydrogen (secondary N) is 2. The fourth-order valence-corrected chi connectivity index (χ4v) is 2.36. The Kier molecular flexibility index (Phi) is 3.09. The Morgan fingerprint density at radius 3 is 3.06 bits per heavy atom. The highest BCUT2D eigenvalue weighted by Gasteiger charge is 2.21. The smallest absolute Gasteiger partial charge is 0.263 e. The molecule has 4 N–H and O–H groups in total. The van der Waals surface area contributed by atoms with Gasteiger partial charge in [0.1, 0.15) is 4.88 Å². The van der Waals surface area contributed by atoms with Crippen LogP contribution in [-0.2, 0) is 4.79 Å². The van der Waals surface area contributed by atoms with Crippen LogP contribution in [0.5, 0.6) is 0 Å². The Balaban J connectivity index is 1.85. The van der Waals surface area contributed by atoms with Gasteiger partial charge >= 0.3 is 0 Å². The Bertz CT molecular complexity index is 416. The lowest BCUT2D eigenvalue weighted by Crippen LogP contribution is -2.38. The van der Waals surface area contributed by atoms with E-state index in [9.17, 15) is 9.59 Å². The van der Waals surface area contributed by atoms with Gasteiger partial charge < -0.3 is 16.4 Å². The van der Waals surface area contributed by atoms with Crippen LogP contribution < -0.4 is 16.4 Å². The minimum atomic E-state index is -0.173. The third-order valence-corrected chi connectivity index (χ3v) is 3.42. The van der Waals surface area contributed by atoms with Gasteiger partial charge in [0.05, 0.1) is 5.69 Å². The first-order valence-electron chi connectivity index (χ1n) is 5.07. The summed E-state index contributed by atoms with van der Waals surface area (Å²) in [6.45, 7) is 0.460. The first kappa shape index (κ1) is 10.9. The van der Waals surface area contributed by atoms with Gasteiger partial charge in [-0.25, -0.2) is 0 Å². The maximum atomic E-state index is 11.7. The molecule has 1 aliphatic rings. The van der Waals surface area contributed by atoms with Gasteiger partial charge in [-0.15, -0.1) is 11.3 Å². The number of carbonyl (C=O) groups excluding carboxylic acids is 2. The van der Waals surface area contributed by atoms with Crippen LogP contribution in [-0.4, -0.2) is 24.4 Å². The topological polar surface area (TPSA) is 84.2 Å². The summed E-state index contributed by atoms with van der Waals surface area (Å²) in [6.07, 6.45) is 1.32. The van der Waals surface area contributed by atoms with Crippen LogP contribution in [0.1, 0.15) is 22.5 Å². The van der Waals surface area contributed by atoms with Crippen molar-refractivity contribution >= 4 is 28.8 Å². The molecule has 6 heteroatoms. The highest BCUT2D eigenvalue weighted by atomic mass is 32.1. The Morgan fingerprint density at radius 1 is 1.69 bits per heavy atom. The number of rotatable bonds is 3. The van der Waals surface area contributed by atoms with Crippen LogP contribution in [0.15, 0.2) is 11.4 Å². The van der Waals surface area contributed by atoms with Crippen molar-refractivity contribution in [1.29, 1.82) is 0 Å². The molecule has 1 unspecified atom stereocenters. The summed E-state index contributed by atoms with van der Waals surface area (Å²) in [5.41, 5.74) is 6.13. The van der Waals surface area contributed by atoms with Crippen molar-refractivity contribution < 1.29 is 9.59 Å². The molecule has 2 heterocycles. The molecular weight excluding hydrogens is 226 g/mol. The number of hydrogen-bond donors (Lipinski definition) is 3. The second-order valence-electron chi connectivity index (χ2n) is 3.72. The molecule has 1 fully saturated rings. The third-order valence-electron chi connectivity index (χ3n) is 2.50. The van der Waals surface area contributed by atoms with Gasteiger partial charge in [0.15, 0.2) is 0 Å². The molecule has 0 aromatic carbocycles. The zero-order chi connectivity index (χ0) is 11.5. The minimum Gasteiger partial charge on any atom is -0.397 e. The monoisotopic (exact) mass is 239 g/mol. The zero-order valence-electron chi connectivity index (χ0n) is 8.66. The number of nitrogen functional groups attached to an aromatic ring is 1. The van der Waals surface area contributed by atoms with Crippen molar-refractivity contribution in [3.8, 4) is 0 Å². The lowest BCUT2D eigenvalue weighted by atomic mass is 10.2. The maximum Gasteiger partial charge on any atom is 0.263 e. The van der Waals surface area contributed by atoms with E-state index in [1.165, 1.54) is 11.3 Å². The van der Waals surface area contributed by atoms with Gasteiger partial charge in [-0.1, -0.05) is 0 Å². The lowest BCUT2D eigenvalue weighted by molar-refractivity contribution is -0.119. The minimum absolute atomic E-state index is 0.0508. The van der Waals surface area contributed by atoms with Crippen LogP contribution in [0.25, 0.3) is 0 Å².